The molecule has 8 atom stereocenters. The van der Waals surface area contributed by atoms with Gasteiger partial charge < -0.3 is 10.2 Å². The number of rotatable bonds is 2. The molecule has 0 saturated heterocycles. The van der Waals surface area contributed by atoms with E-state index in [2.05, 4.69) is 13.8 Å². The van der Waals surface area contributed by atoms with Gasteiger partial charge in [-0.2, -0.15) is 0 Å². The van der Waals surface area contributed by atoms with Crippen LogP contribution in [0.3, 0.4) is 0 Å². The second-order valence-electron chi connectivity index (χ2n) is 9.92. The lowest BCUT2D eigenvalue weighted by Gasteiger charge is -2.61. The van der Waals surface area contributed by atoms with E-state index in [1.54, 1.807) is 0 Å². The molecule has 0 bridgehead atoms. The monoisotopic (exact) mass is 320 g/mol. The summed E-state index contributed by atoms with van der Waals surface area (Å²) in [5.41, 5.74) is 1.000. The maximum absolute atomic E-state index is 10.1. The molecule has 4 fully saturated rings. The molecule has 4 aliphatic carbocycles. The van der Waals surface area contributed by atoms with Gasteiger partial charge in [-0.25, -0.2) is 0 Å². The lowest BCUT2D eigenvalue weighted by Crippen LogP contribution is -2.53. The fourth-order valence-corrected chi connectivity index (χ4v) is 7.97. The first-order valence-corrected chi connectivity index (χ1v) is 10.3. The number of aliphatic hydroxyl groups excluding tert-OH is 2. The molecule has 4 aliphatic rings. The van der Waals surface area contributed by atoms with E-state index >= 15 is 0 Å². The molecule has 0 aromatic rings. The molecule has 0 spiro atoms. The van der Waals surface area contributed by atoms with Crippen LogP contribution >= 0.6 is 0 Å². The van der Waals surface area contributed by atoms with Crippen molar-refractivity contribution < 1.29 is 10.2 Å². The summed E-state index contributed by atoms with van der Waals surface area (Å²) in [5.74, 6) is 4.26. The highest BCUT2D eigenvalue weighted by molar-refractivity contribution is 5.09. The molecule has 0 amide bonds. The van der Waals surface area contributed by atoms with Crippen LogP contribution in [0.15, 0.2) is 0 Å². The van der Waals surface area contributed by atoms with Crippen molar-refractivity contribution in [2.45, 2.75) is 84.2 Å². The van der Waals surface area contributed by atoms with E-state index in [-0.39, 0.29) is 6.10 Å². The summed E-state index contributed by atoms with van der Waals surface area (Å²) in [4.78, 5) is 0. The number of fused-ring (bicyclic) bond motifs is 5. The average molecular weight is 321 g/mol. The second-order valence-corrected chi connectivity index (χ2v) is 9.92. The van der Waals surface area contributed by atoms with Gasteiger partial charge in [0.1, 0.15) is 0 Å². The summed E-state index contributed by atoms with van der Waals surface area (Å²) in [6.45, 7) is 5.50. The third-order valence-corrected chi connectivity index (χ3v) is 9.31. The van der Waals surface area contributed by atoms with Gasteiger partial charge in [-0.05, 0) is 105 Å². The molecule has 2 heteroatoms. The lowest BCUT2D eigenvalue weighted by molar-refractivity contribution is -0.127. The van der Waals surface area contributed by atoms with E-state index in [4.69, 9.17) is 0 Å². The molecule has 23 heavy (non-hydrogen) atoms. The smallest absolute Gasteiger partial charge is 0.0543 e. The standard InChI is InChI=1S/C21H36O2/c1-20-11-8-19-17(18(20)6-4-14(20)9-12-22)5-3-15-13-16(23)7-10-21(15,19)2/h14-19,22-23H,3-13H2,1-2H3/t14-,15?,16?,17+,18+,19+,20-,21+/m1/s1. The van der Waals surface area contributed by atoms with Crippen LogP contribution in [-0.4, -0.2) is 22.9 Å². The van der Waals surface area contributed by atoms with Crippen molar-refractivity contribution in [3.05, 3.63) is 0 Å². The molecule has 0 heterocycles. The highest BCUT2D eigenvalue weighted by atomic mass is 16.3. The summed E-state index contributed by atoms with van der Waals surface area (Å²) in [5, 5.41) is 19.6. The molecular formula is C21H36O2. The quantitative estimate of drug-likeness (QED) is 0.792. The van der Waals surface area contributed by atoms with Crippen molar-refractivity contribution in [3.8, 4) is 0 Å². The molecule has 0 radical (unpaired) electrons. The van der Waals surface area contributed by atoms with Crippen molar-refractivity contribution >= 4 is 0 Å². The van der Waals surface area contributed by atoms with Crippen LogP contribution in [0.4, 0.5) is 0 Å². The average Bonchev–Trinajstić information content (AvgIpc) is 2.85. The Morgan fingerprint density at radius 3 is 2.39 bits per heavy atom. The zero-order valence-electron chi connectivity index (χ0n) is 15.1. The van der Waals surface area contributed by atoms with Crippen LogP contribution in [0.25, 0.3) is 0 Å². The second kappa shape index (κ2) is 5.73. The summed E-state index contributed by atoms with van der Waals surface area (Å²) in [6.07, 6.45) is 12.7. The van der Waals surface area contributed by atoms with Gasteiger partial charge in [-0.1, -0.05) is 13.8 Å². The summed E-state index contributed by atoms with van der Waals surface area (Å²) in [7, 11) is 0. The minimum atomic E-state index is -0.0288. The minimum Gasteiger partial charge on any atom is -0.396 e. The van der Waals surface area contributed by atoms with E-state index in [1.807, 2.05) is 0 Å². The highest BCUT2D eigenvalue weighted by Crippen LogP contribution is 2.67. The summed E-state index contributed by atoms with van der Waals surface area (Å²) >= 11 is 0. The first-order valence-electron chi connectivity index (χ1n) is 10.3. The Morgan fingerprint density at radius 2 is 1.61 bits per heavy atom. The van der Waals surface area contributed by atoms with Crippen LogP contribution in [-0.2, 0) is 0 Å². The van der Waals surface area contributed by atoms with E-state index in [1.165, 1.54) is 44.9 Å². The number of aliphatic hydroxyl groups is 2. The van der Waals surface area contributed by atoms with Gasteiger partial charge in [0, 0.05) is 6.61 Å². The Kier molecular flexibility index (Phi) is 4.08. The fourth-order valence-electron chi connectivity index (χ4n) is 7.97. The van der Waals surface area contributed by atoms with Gasteiger partial charge in [0.2, 0.25) is 0 Å². The van der Waals surface area contributed by atoms with Crippen LogP contribution in [0.2, 0.25) is 0 Å². The Hall–Kier alpha value is -0.0800. The third kappa shape index (κ3) is 2.34. The Balaban J connectivity index is 1.58. The molecule has 2 nitrogen and oxygen atoms in total. The van der Waals surface area contributed by atoms with Gasteiger partial charge in [-0.15, -0.1) is 0 Å². The zero-order valence-corrected chi connectivity index (χ0v) is 15.1. The maximum atomic E-state index is 10.1. The largest absolute Gasteiger partial charge is 0.396 e. The first kappa shape index (κ1) is 16.4. The number of hydrogen-bond acceptors (Lipinski definition) is 2. The van der Waals surface area contributed by atoms with Gasteiger partial charge in [0.15, 0.2) is 0 Å². The van der Waals surface area contributed by atoms with Crippen LogP contribution in [0, 0.1) is 40.4 Å². The Morgan fingerprint density at radius 1 is 0.870 bits per heavy atom. The molecule has 132 valence electrons. The van der Waals surface area contributed by atoms with E-state index < -0.39 is 0 Å². The van der Waals surface area contributed by atoms with Crippen LogP contribution in [0.1, 0.15) is 78.1 Å². The molecule has 2 unspecified atom stereocenters. The van der Waals surface area contributed by atoms with E-state index in [0.29, 0.717) is 17.4 Å². The predicted molar refractivity (Wildman–Crippen MR) is 92.9 cm³/mol. The predicted octanol–water partition coefficient (Wildman–Crippen LogP) is 4.39. The fraction of sp³-hybridized carbons (Fsp3) is 1.00. The van der Waals surface area contributed by atoms with Gasteiger partial charge in [0.05, 0.1) is 6.10 Å². The lowest BCUT2D eigenvalue weighted by atomic mass is 9.44. The number of hydrogen-bond donors (Lipinski definition) is 2. The van der Waals surface area contributed by atoms with Crippen molar-refractivity contribution in [2.24, 2.45) is 40.4 Å². The maximum Gasteiger partial charge on any atom is 0.0543 e. The van der Waals surface area contributed by atoms with Crippen molar-refractivity contribution in [1.82, 2.24) is 0 Å². The Bertz CT molecular complexity index is 449. The molecular weight excluding hydrogens is 284 g/mol. The molecule has 0 aromatic carbocycles. The van der Waals surface area contributed by atoms with Gasteiger partial charge >= 0.3 is 0 Å². The molecule has 2 N–H and O–H groups in total. The molecule has 0 aliphatic heterocycles. The van der Waals surface area contributed by atoms with Crippen molar-refractivity contribution in [1.29, 1.82) is 0 Å². The zero-order chi connectivity index (χ0) is 16.2. The first-order chi connectivity index (χ1) is 11.0. The van der Waals surface area contributed by atoms with Crippen LogP contribution in [0.5, 0.6) is 0 Å². The topological polar surface area (TPSA) is 40.5 Å². The van der Waals surface area contributed by atoms with E-state index in [0.717, 1.165) is 48.9 Å². The van der Waals surface area contributed by atoms with Gasteiger partial charge in [0.25, 0.3) is 0 Å². The van der Waals surface area contributed by atoms with Crippen LogP contribution < -0.4 is 0 Å². The molecule has 0 aromatic heterocycles. The normalized spacial score (nSPS) is 55.8. The van der Waals surface area contributed by atoms with Crippen molar-refractivity contribution in [3.63, 3.8) is 0 Å². The highest BCUT2D eigenvalue weighted by Gasteiger charge is 2.59. The Labute approximate surface area is 142 Å². The minimum absolute atomic E-state index is 0.0288. The third-order valence-electron chi connectivity index (χ3n) is 9.31. The summed E-state index contributed by atoms with van der Waals surface area (Å²) < 4.78 is 0. The van der Waals surface area contributed by atoms with Gasteiger partial charge in [-0.3, -0.25) is 0 Å². The molecule has 4 saturated carbocycles. The SMILES string of the molecule is C[C@]12CC[C@H]3[C@@H](CCC4CC(O)CC[C@@]43C)[C@@H]1CC[C@@H]2CCO. The van der Waals surface area contributed by atoms with E-state index in [9.17, 15) is 10.2 Å². The summed E-state index contributed by atoms with van der Waals surface area (Å²) in [6, 6.07) is 0. The molecule has 4 rings (SSSR count). The van der Waals surface area contributed by atoms with Crippen molar-refractivity contribution in [2.75, 3.05) is 6.61 Å².